The first-order valence-electron chi connectivity index (χ1n) is 6.99. The maximum absolute atomic E-state index is 9.13. The van der Waals surface area contributed by atoms with E-state index < -0.39 is 0 Å². The van der Waals surface area contributed by atoms with Gasteiger partial charge >= 0.3 is 0 Å². The molecule has 0 spiro atoms. The van der Waals surface area contributed by atoms with Crippen LogP contribution >= 0.6 is 0 Å². The fraction of sp³-hybridized carbons (Fsp3) is 0.929. The maximum atomic E-state index is 9.13. The van der Waals surface area contributed by atoms with Crippen LogP contribution in [0, 0.1) is 11.3 Å². The van der Waals surface area contributed by atoms with Gasteiger partial charge in [0.2, 0.25) is 0 Å². The molecule has 1 rings (SSSR count). The third kappa shape index (κ3) is 6.34. The van der Waals surface area contributed by atoms with Crippen molar-refractivity contribution in [1.82, 2.24) is 15.1 Å². The van der Waals surface area contributed by atoms with E-state index in [4.69, 9.17) is 5.26 Å². The van der Waals surface area contributed by atoms with Crippen molar-refractivity contribution in [2.75, 3.05) is 39.8 Å². The lowest BCUT2D eigenvalue weighted by Crippen LogP contribution is -2.45. The molecular weight excluding hydrogens is 224 g/mol. The lowest BCUT2D eigenvalue weighted by Gasteiger charge is -2.32. The lowest BCUT2D eigenvalue weighted by molar-refractivity contribution is 0.151. The molecule has 0 radical (unpaired) electrons. The SMILES string of the molecule is CN1CCN(CCCC(C#N)NC(C)(C)C)CC1. The molecule has 1 N–H and O–H groups in total. The van der Waals surface area contributed by atoms with E-state index in [0.717, 1.165) is 19.4 Å². The standard InChI is InChI=1S/C14H28N4/c1-14(2,3)16-13(12-15)6-5-7-18-10-8-17(4)9-11-18/h13,16H,5-11H2,1-4H3. The summed E-state index contributed by atoms with van der Waals surface area (Å²) in [6.07, 6.45) is 2.05. The fourth-order valence-corrected chi connectivity index (χ4v) is 2.28. The van der Waals surface area contributed by atoms with Crippen LogP contribution in [0.1, 0.15) is 33.6 Å². The minimum absolute atomic E-state index is 0.0162. The zero-order valence-corrected chi connectivity index (χ0v) is 12.4. The van der Waals surface area contributed by atoms with Gasteiger partial charge in [-0.15, -0.1) is 0 Å². The Morgan fingerprint density at radius 2 is 1.83 bits per heavy atom. The molecule has 104 valence electrons. The predicted molar refractivity (Wildman–Crippen MR) is 75.5 cm³/mol. The fourth-order valence-electron chi connectivity index (χ4n) is 2.28. The molecule has 1 aliphatic rings. The molecule has 4 nitrogen and oxygen atoms in total. The molecule has 0 saturated carbocycles. The second-order valence-electron chi connectivity index (χ2n) is 6.36. The molecule has 0 aromatic rings. The molecule has 1 atom stereocenters. The van der Waals surface area contributed by atoms with Crippen LogP contribution in [-0.4, -0.2) is 61.2 Å². The van der Waals surface area contributed by atoms with Gasteiger partial charge in [-0.25, -0.2) is 0 Å². The van der Waals surface area contributed by atoms with E-state index in [1.165, 1.54) is 26.2 Å². The van der Waals surface area contributed by atoms with E-state index in [2.05, 4.69) is 49.0 Å². The van der Waals surface area contributed by atoms with Gasteiger partial charge in [-0.2, -0.15) is 5.26 Å². The van der Waals surface area contributed by atoms with Crippen LogP contribution in [0.4, 0.5) is 0 Å². The summed E-state index contributed by atoms with van der Waals surface area (Å²) in [7, 11) is 2.18. The molecular formula is C14H28N4. The van der Waals surface area contributed by atoms with Crippen LogP contribution in [0.3, 0.4) is 0 Å². The summed E-state index contributed by atoms with van der Waals surface area (Å²) >= 11 is 0. The molecule has 0 aliphatic carbocycles. The van der Waals surface area contributed by atoms with Crippen molar-refractivity contribution < 1.29 is 0 Å². The molecule has 1 fully saturated rings. The first-order chi connectivity index (χ1) is 8.40. The number of nitriles is 1. The molecule has 1 unspecified atom stereocenters. The number of nitrogens with one attached hydrogen (secondary N) is 1. The van der Waals surface area contributed by atoms with Crippen molar-refractivity contribution in [1.29, 1.82) is 5.26 Å². The summed E-state index contributed by atoms with van der Waals surface area (Å²) < 4.78 is 0. The Kier molecular flexibility index (Phi) is 6.07. The zero-order chi connectivity index (χ0) is 13.6. The van der Waals surface area contributed by atoms with Gasteiger partial charge in [0, 0.05) is 31.7 Å². The summed E-state index contributed by atoms with van der Waals surface area (Å²) in [6.45, 7) is 12.1. The second kappa shape index (κ2) is 7.08. The van der Waals surface area contributed by atoms with E-state index in [9.17, 15) is 0 Å². The van der Waals surface area contributed by atoms with Gasteiger partial charge in [-0.05, 0) is 47.2 Å². The first kappa shape index (κ1) is 15.4. The monoisotopic (exact) mass is 252 g/mol. The predicted octanol–water partition coefficient (Wildman–Crippen LogP) is 1.29. The van der Waals surface area contributed by atoms with Crippen molar-refractivity contribution in [2.24, 2.45) is 0 Å². The molecule has 18 heavy (non-hydrogen) atoms. The Bertz CT molecular complexity index is 268. The van der Waals surface area contributed by atoms with Gasteiger partial charge in [0.1, 0.15) is 0 Å². The summed E-state index contributed by atoms with van der Waals surface area (Å²) in [5.74, 6) is 0. The van der Waals surface area contributed by atoms with Gasteiger partial charge < -0.3 is 9.80 Å². The minimum Gasteiger partial charge on any atom is -0.304 e. The number of hydrogen-bond donors (Lipinski definition) is 1. The number of rotatable bonds is 5. The Hall–Kier alpha value is -0.630. The van der Waals surface area contributed by atoms with Crippen LogP contribution in [0.2, 0.25) is 0 Å². The normalized spacial score (nSPS) is 20.6. The molecule has 0 aromatic carbocycles. The van der Waals surface area contributed by atoms with Crippen LogP contribution in [-0.2, 0) is 0 Å². The van der Waals surface area contributed by atoms with E-state index >= 15 is 0 Å². The van der Waals surface area contributed by atoms with Crippen LogP contribution in [0.15, 0.2) is 0 Å². The summed E-state index contributed by atoms with van der Waals surface area (Å²) in [6, 6.07) is 2.35. The summed E-state index contributed by atoms with van der Waals surface area (Å²) in [5.41, 5.74) is 0.0221. The lowest BCUT2D eigenvalue weighted by atomic mass is 10.0. The number of hydrogen-bond acceptors (Lipinski definition) is 4. The highest BCUT2D eigenvalue weighted by Crippen LogP contribution is 2.07. The maximum Gasteiger partial charge on any atom is 0.0957 e. The van der Waals surface area contributed by atoms with Gasteiger partial charge in [0.15, 0.2) is 0 Å². The van der Waals surface area contributed by atoms with E-state index in [-0.39, 0.29) is 11.6 Å². The molecule has 0 bridgehead atoms. The Balaban J connectivity index is 2.18. The third-order valence-corrected chi connectivity index (χ3v) is 3.33. The van der Waals surface area contributed by atoms with Gasteiger partial charge in [-0.3, -0.25) is 5.32 Å². The third-order valence-electron chi connectivity index (χ3n) is 3.33. The first-order valence-corrected chi connectivity index (χ1v) is 6.99. The Morgan fingerprint density at radius 1 is 1.22 bits per heavy atom. The van der Waals surface area contributed by atoms with Gasteiger partial charge in [-0.1, -0.05) is 0 Å². The van der Waals surface area contributed by atoms with Crippen LogP contribution in [0.5, 0.6) is 0 Å². The molecule has 0 amide bonds. The van der Waals surface area contributed by atoms with Crippen molar-refractivity contribution in [2.45, 2.75) is 45.2 Å². The highest BCUT2D eigenvalue weighted by molar-refractivity contribution is 4.93. The van der Waals surface area contributed by atoms with E-state index in [1.54, 1.807) is 0 Å². The average molecular weight is 252 g/mol. The summed E-state index contributed by atoms with van der Waals surface area (Å²) in [5, 5.41) is 12.5. The highest BCUT2D eigenvalue weighted by Gasteiger charge is 2.17. The Labute approximate surface area is 112 Å². The van der Waals surface area contributed by atoms with E-state index in [1.807, 2.05) is 0 Å². The minimum atomic E-state index is -0.0162. The highest BCUT2D eigenvalue weighted by atomic mass is 15.2. The largest absolute Gasteiger partial charge is 0.304 e. The topological polar surface area (TPSA) is 42.3 Å². The Morgan fingerprint density at radius 3 is 2.33 bits per heavy atom. The number of piperazine rings is 1. The molecule has 1 heterocycles. The second-order valence-corrected chi connectivity index (χ2v) is 6.36. The van der Waals surface area contributed by atoms with Crippen molar-refractivity contribution in [3.8, 4) is 6.07 Å². The number of likely N-dealkylation sites (N-methyl/N-ethyl adjacent to an activating group) is 1. The smallest absolute Gasteiger partial charge is 0.0957 e. The summed E-state index contributed by atoms with van der Waals surface area (Å²) in [4.78, 5) is 4.88. The van der Waals surface area contributed by atoms with Crippen molar-refractivity contribution >= 4 is 0 Å². The van der Waals surface area contributed by atoms with Crippen molar-refractivity contribution in [3.05, 3.63) is 0 Å². The van der Waals surface area contributed by atoms with Gasteiger partial charge in [0.05, 0.1) is 12.1 Å². The average Bonchev–Trinajstić information content (AvgIpc) is 2.29. The van der Waals surface area contributed by atoms with E-state index in [0.29, 0.717) is 0 Å². The molecule has 4 heteroatoms. The molecule has 0 aromatic heterocycles. The van der Waals surface area contributed by atoms with Crippen molar-refractivity contribution in [3.63, 3.8) is 0 Å². The molecule has 1 aliphatic heterocycles. The zero-order valence-electron chi connectivity index (χ0n) is 12.4. The van der Waals surface area contributed by atoms with Crippen LogP contribution < -0.4 is 5.32 Å². The number of nitrogens with zero attached hydrogens (tertiary/aromatic N) is 3. The van der Waals surface area contributed by atoms with Gasteiger partial charge in [0.25, 0.3) is 0 Å². The van der Waals surface area contributed by atoms with Crippen LogP contribution in [0.25, 0.3) is 0 Å². The quantitative estimate of drug-likeness (QED) is 0.801. The molecule has 1 saturated heterocycles.